The van der Waals surface area contributed by atoms with Crippen LogP contribution in [0.5, 0.6) is 0 Å². The third-order valence-corrected chi connectivity index (χ3v) is 1.46. The fraction of sp³-hybridized carbons (Fsp3) is 0.231. The summed E-state index contributed by atoms with van der Waals surface area (Å²) in [6.07, 6.45) is 18.2. The van der Waals surface area contributed by atoms with Gasteiger partial charge in [0.1, 0.15) is 0 Å². The number of hydrogen-bond acceptors (Lipinski definition) is 0. The zero-order chi connectivity index (χ0) is 9.94. The van der Waals surface area contributed by atoms with Gasteiger partial charge in [0.15, 0.2) is 0 Å². The van der Waals surface area contributed by atoms with Gasteiger partial charge in [0.2, 0.25) is 0 Å². The summed E-state index contributed by atoms with van der Waals surface area (Å²) < 4.78 is 0. The SMILES string of the molecule is CC1=CC[C-]=C1.[C-]1=CC=CC1.[CH3-].[CH3-].[SiH2]=[Zr]. The van der Waals surface area contributed by atoms with E-state index in [9.17, 15) is 0 Å². The molecule has 15 heavy (non-hydrogen) atoms. The molecule has 0 bridgehead atoms. The van der Waals surface area contributed by atoms with E-state index < -0.39 is 0 Å². The molecule has 0 amide bonds. The van der Waals surface area contributed by atoms with Gasteiger partial charge in [-0.25, -0.2) is 23.8 Å². The summed E-state index contributed by atoms with van der Waals surface area (Å²) in [5, 5.41) is 0. The first-order valence-electron chi connectivity index (χ1n) is 4.20. The Hall–Kier alpha value is 0.0600. The fourth-order valence-corrected chi connectivity index (χ4v) is 0.839. The van der Waals surface area contributed by atoms with Crippen molar-refractivity contribution < 1.29 is 23.3 Å². The molecule has 0 aliphatic heterocycles. The van der Waals surface area contributed by atoms with Crippen LogP contribution in [0.3, 0.4) is 0 Å². The molecule has 0 aromatic carbocycles. The topological polar surface area (TPSA) is 0 Å². The second-order valence-corrected chi connectivity index (χ2v) is 2.50. The van der Waals surface area contributed by atoms with Crippen LogP contribution in [0, 0.1) is 27.0 Å². The molecule has 0 spiro atoms. The number of hydrogen-bond donors (Lipinski definition) is 0. The van der Waals surface area contributed by atoms with Gasteiger partial charge in [0.25, 0.3) is 0 Å². The van der Waals surface area contributed by atoms with Crippen molar-refractivity contribution in [3.05, 3.63) is 63.0 Å². The molecular formula is C13H20SiZr-4. The summed E-state index contributed by atoms with van der Waals surface area (Å²) in [4.78, 5) is 0. The van der Waals surface area contributed by atoms with Crippen LogP contribution in [0.4, 0.5) is 0 Å². The van der Waals surface area contributed by atoms with E-state index in [2.05, 4.69) is 31.2 Å². The average Bonchev–Trinajstić information content (AvgIpc) is 2.81. The Morgan fingerprint density at radius 1 is 1.20 bits per heavy atom. The molecule has 0 heterocycles. The molecule has 0 radical (unpaired) electrons. The molecular weight excluding hydrogens is 275 g/mol. The molecule has 2 aliphatic carbocycles. The van der Waals surface area contributed by atoms with Gasteiger partial charge in [0, 0.05) is 0 Å². The second-order valence-electron chi connectivity index (χ2n) is 2.50. The van der Waals surface area contributed by atoms with Gasteiger partial charge in [-0.2, -0.15) is 12.2 Å². The quantitative estimate of drug-likeness (QED) is 0.476. The molecule has 0 saturated heterocycles. The van der Waals surface area contributed by atoms with Crippen molar-refractivity contribution in [2.75, 3.05) is 0 Å². The monoisotopic (exact) mass is 294 g/mol. The van der Waals surface area contributed by atoms with Gasteiger partial charge in [-0.1, -0.05) is 0 Å². The summed E-state index contributed by atoms with van der Waals surface area (Å²) in [6.45, 7) is 4.03. The minimum atomic E-state index is 0. The van der Waals surface area contributed by atoms with E-state index in [0.29, 0.717) is 0 Å². The molecule has 0 nitrogen and oxygen atoms in total. The van der Waals surface area contributed by atoms with Crippen LogP contribution in [-0.2, 0) is 23.3 Å². The van der Waals surface area contributed by atoms with Crippen LogP contribution in [-0.4, -0.2) is 6.88 Å². The van der Waals surface area contributed by atoms with Crippen molar-refractivity contribution in [2.24, 2.45) is 0 Å². The third kappa shape index (κ3) is 14.1. The molecule has 0 aromatic heterocycles. The van der Waals surface area contributed by atoms with Gasteiger partial charge in [-0.15, -0.1) is 19.8 Å². The first-order chi connectivity index (χ1) is 6.39. The van der Waals surface area contributed by atoms with Crippen LogP contribution < -0.4 is 0 Å². The normalized spacial score (nSPS) is 13.5. The predicted molar refractivity (Wildman–Crippen MR) is 69.1 cm³/mol. The summed E-state index contributed by atoms with van der Waals surface area (Å²) in [7, 11) is 0. The standard InChI is InChI=1S/C6H7.C5H5.2CH3.H2Si.Zr/c1-6-4-2-3-5-6;1-2-4-5-3-1;;;;/h4-5H,2H2,1H3;1-3H,4H2;2*1H3;1H2;/q4*-1;;. The van der Waals surface area contributed by atoms with Crippen LogP contribution >= 0.6 is 0 Å². The summed E-state index contributed by atoms with van der Waals surface area (Å²) in [6, 6.07) is 0. The van der Waals surface area contributed by atoms with E-state index in [1.807, 2.05) is 25.1 Å². The van der Waals surface area contributed by atoms with Gasteiger partial charge in [0.05, 0.1) is 0 Å². The van der Waals surface area contributed by atoms with Crippen molar-refractivity contribution in [2.45, 2.75) is 19.8 Å². The van der Waals surface area contributed by atoms with Crippen LogP contribution in [0.15, 0.2) is 36.0 Å². The summed E-state index contributed by atoms with van der Waals surface area (Å²) in [5.74, 6) is 0. The van der Waals surface area contributed by atoms with Gasteiger partial charge >= 0.3 is 30.2 Å². The first-order valence-corrected chi connectivity index (χ1v) is 10.1. The van der Waals surface area contributed by atoms with Gasteiger partial charge in [-0.05, 0) is 0 Å². The van der Waals surface area contributed by atoms with Crippen molar-refractivity contribution >= 4 is 6.88 Å². The molecule has 0 saturated carbocycles. The van der Waals surface area contributed by atoms with Crippen LogP contribution in [0.25, 0.3) is 0 Å². The predicted octanol–water partition coefficient (Wildman–Crippen LogP) is 2.98. The molecule has 0 N–H and O–H groups in total. The van der Waals surface area contributed by atoms with Crippen molar-refractivity contribution in [3.8, 4) is 0 Å². The maximum atomic E-state index is 3.05. The molecule has 2 heteroatoms. The van der Waals surface area contributed by atoms with E-state index in [1.165, 1.54) is 5.57 Å². The molecule has 0 fully saturated rings. The molecule has 0 atom stereocenters. The van der Waals surface area contributed by atoms with E-state index in [0.717, 1.165) is 12.8 Å². The number of rotatable bonds is 0. The Labute approximate surface area is 112 Å². The van der Waals surface area contributed by atoms with E-state index >= 15 is 0 Å². The Morgan fingerprint density at radius 2 is 1.87 bits per heavy atom. The number of allylic oxidation sites excluding steroid dienone is 8. The zero-order valence-electron chi connectivity index (χ0n) is 10.0. The molecule has 0 unspecified atom stereocenters. The van der Waals surface area contributed by atoms with Gasteiger partial charge in [-0.3, -0.25) is 12.2 Å². The third-order valence-electron chi connectivity index (χ3n) is 1.46. The van der Waals surface area contributed by atoms with E-state index in [1.54, 1.807) is 23.3 Å². The Morgan fingerprint density at radius 3 is 2.00 bits per heavy atom. The fourth-order valence-electron chi connectivity index (χ4n) is 0.839. The minimum absolute atomic E-state index is 0. The van der Waals surface area contributed by atoms with Crippen molar-refractivity contribution in [3.63, 3.8) is 0 Å². The molecule has 0 aromatic rings. The van der Waals surface area contributed by atoms with Crippen molar-refractivity contribution in [1.29, 1.82) is 0 Å². The van der Waals surface area contributed by atoms with E-state index in [4.69, 9.17) is 0 Å². The van der Waals surface area contributed by atoms with Crippen LogP contribution in [0.1, 0.15) is 19.8 Å². The zero-order valence-corrected chi connectivity index (χ0v) is 13.9. The second kappa shape index (κ2) is 16.5. The molecule has 84 valence electrons. The first kappa shape index (κ1) is 20.5. The van der Waals surface area contributed by atoms with Crippen molar-refractivity contribution in [1.82, 2.24) is 0 Å². The molecule has 2 aliphatic rings. The average molecular weight is 296 g/mol. The maximum absolute atomic E-state index is 3.05. The Kier molecular flexibility index (Phi) is 22.5. The van der Waals surface area contributed by atoms with Gasteiger partial charge < -0.3 is 14.9 Å². The summed E-state index contributed by atoms with van der Waals surface area (Å²) >= 11 is 1.58. The molecule has 2 rings (SSSR count). The summed E-state index contributed by atoms with van der Waals surface area (Å²) in [5.41, 5.74) is 1.34. The Bertz CT molecular complexity index is 224. The van der Waals surface area contributed by atoms with E-state index in [-0.39, 0.29) is 14.9 Å². The van der Waals surface area contributed by atoms with Crippen LogP contribution in [0.2, 0.25) is 0 Å². The Balaban J connectivity index is -0.000000149.